The van der Waals surface area contributed by atoms with Gasteiger partial charge in [0.25, 0.3) is 5.91 Å². The molecule has 0 saturated carbocycles. The van der Waals surface area contributed by atoms with E-state index in [4.69, 9.17) is 4.98 Å². The molecule has 172 valence electrons. The number of nitrogens with zero attached hydrogens (tertiary/aromatic N) is 6. The highest BCUT2D eigenvalue weighted by Gasteiger charge is 2.22. The van der Waals surface area contributed by atoms with E-state index in [9.17, 15) is 9.59 Å². The molecule has 10 nitrogen and oxygen atoms in total. The fraction of sp³-hybridized carbons (Fsp3) is 0.208. The Kier molecular flexibility index (Phi) is 5.77. The topological polar surface area (TPSA) is 112 Å². The summed E-state index contributed by atoms with van der Waals surface area (Å²) in [7, 11) is 0. The van der Waals surface area contributed by atoms with Crippen LogP contribution >= 0.6 is 0 Å². The van der Waals surface area contributed by atoms with Gasteiger partial charge in [-0.3, -0.25) is 9.59 Å². The zero-order valence-corrected chi connectivity index (χ0v) is 18.5. The lowest BCUT2D eigenvalue weighted by molar-refractivity contribution is -0.126. The molecule has 0 unspecified atom stereocenters. The molecule has 1 aliphatic rings. The SMILES string of the molecule is C=CC(=O)N1CCN(c2cnc3[nH]cc(C(=O)NCc4ccc(-n5cccn5)cc4)c3n2)CC1. The number of piperazine rings is 1. The van der Waals surface area contributed by atoms with E-state index in [-0.39, 0.29) is 11.8 Å². The smallest absolute Gasteiger partial charge is 0.255 e. The second kappa shape index (κ2) is 9.18. The van der Waals surface area contributed by atoms with Crippen LogP contribution in [-0.2, 0) is 11.3 Å². The first-order valence-corrected chi connectivity index (χ1v) is 11.0. The molecule has 34 heavy (non-hydrogen) atoms. The first-order valence-electron chi connectivity index (χ1n) is 11.0. The Labute approximate surface area is 195 Å². The van der Waals surface area contributed by atoms with Gasteiger partial charge in [-0.2, -0.15) is 5.10 Å². The van der Waals surface area contributed by atoms with Crippen LogP contribution in [0.3, 0.4) is 0 Å². The van der Waals surface area contributed by atoms with Crippen LogP contribution in [0.1, 0.15) is 15.9 Å². The van der Waals surface area contributed by atoms with Gasteiger partial charge in [0.2, 0.25) is 5.91 Å². The van der Waals surface area contributed by atoms with Crippen LogP contribution < -0.4 is 10.2 Å². The number of hydrogen-bond acceptors (Lipinski definition) is 6. The zero-order chi connectivity index (χ0) is 23.5. The minimum atomic E-state index is -0.227. The summed E-state index contributed by atoms with van der Waals surface area (Å²) in [5.41, 5.74) is 3.45. The second-order valence-corrected chi connectivity index (χ2v) is 7.94. The van der Waals surface area contributed by atoms with Crippen LogP contribution in [0.4, 0.5) is 5.82 Å². The predicted molar refractivity (Wildman–Crippen MR) is 128 cm³/mol. The van der Waals surface area contributed by atoms with Crippen LogP contribution in [-0.4, -0.2) is 67.6 Å². The van der Waals surface area contributed by atoms with Gasteiger partial charge in [-0.25, -0.2) is 14.6 Å². The van der Waals surface area contributed by atoms with Crippen molar-refractivity contribution in [3.8, 4) is 5.69 Å². The highest BCUT2D eigenvalue weighted by molar-refractivity contribution is 6.04. The van der Waals surface area contributed by atoms with Crippen molar-refractivity contribution in [3.05, 3.63) is 78.9 Å². The van der Waals surface area contributed by atoms with Crippen molar-refractivity contribution in [2.45, 2.75) is 6.54 Å². The zero-order valence-electron chi connectivity index (χ0n) is 18.5. The Morgan fingerprint density at radius 2 is 1.94 bits per heavy atom. The number of aromatic amines is 1. The van der Waals surface area contributed by atoms with E-state index in [1.54, 1.807) is 28.2 Å². The molecule has 0 aliphatic carbocycles. The summed E-state index contributed by atoms with van der Waals surface area (Å²) in [5.74, 6) is 0.387. The number of rotatable bonds is 6. The van der Waals surface area contributed by atoms with Crippen LogP contribution in [0, 0.1) is 0 Å². The average molecular weight is 457 g/mol. The fourth-order valence-electron chi connectivity index (χ4n) is 3.96. The number of carbonyl (C=O) groups is 2. The van der Waals surface area contributed by atoms with Crippen molar-refractivity contribution in [1.29, 1.82) is 0 Å². The summed E-state index contributed by atoms with van der Waals surface area (Å²) in [4.78, 5) is 40.7. The maximum Gasteiger partial charge on any atom is 0.255 e. The van der Waals surface area contributed by atoms with Gasteiger partial charge in [0, 0.05) is 51.3 Å². The van der Waals surface area contributed by atoms with Crippen LogP contribution in [0.15, 0.2) is 67.8 Å². The van der Waals surface area contributed by atoms with Gasteiger partial charge in [0.05, 0.1) is 17.4 Å². The lowest BCUT2D eigenvalue weighted by atomic mass is 10.2. The number of fused-ring (bicyclic) bond motifs is 1. The Balaban J connectivity index is 1.26. The minimum Gasteiger partial charge on any atom is -0.352 e. The number of hydrogen-bond donors (Lipinski definition) is 2. The molecule has 5 rings (SSSR count). The van der Waals surface area contributed by atoms with Crippen LogP contribution in [0.5, 0.6) is 0 Å². The minimum absolute atomic E-state index is 0.0678. The lowest BCUT2D eigenvalue weighted by Gasteiger charge is -2.34. The van der Waals surface area contributed by atoms with Gasteiger partial charge < -0.3 is 20.1 Å². The van der Waals surface area contributed by atoms with Gasteiger partial charge in [-0.05, 0) is 29.8 Å². The molecule has 1 aromatic carbocycles. The maximum absolute atomic E-state index is 12.9. The Hall–Kier alpha value is -4.47. The van der Waals surface area contributed by atoms with Crippen molar-refractivity contribution >= 4 is 28.8 Å². The Bertz CT molecular complexity index is 1320. The number of anilines is 1. The highest BCUT2D eigenvalue weighted by Crippen LogP contribution is 2.20. The van der Waals surface area contributed by atoms with Gasteiger partial charge >= 0.3 is 0 Å². The molecule has 1 saturated heterocycles. The van der Waals surface area contributed by atoms with E-state index in [1.807, 2.05) is 36.5 Å². The van der Waals surface area contributed by atoms with Gasteiger partial charge in [0.15, 0.2) is 5.65 Å². The monoisotopic (exact) mass is 456 g/mol. The molecular weight excluding hydrogens is 432 g/mol. The van der Waals surface area contributed by atoms with Gasteiger partial charge in [-0.15, -0.1) is 0 Å². The van der Waals surface area contributed by atoms with Crippen LogP contribution in [0.2, 0.25) is 0 Å². The van der Waals surface area contributed by atoms with Crippen molar-refractivity contribution < 1.29 is 9.59 Å². The van der Waals surface area contributed by atoms with Gasteiger partial charge in [-0.1, -0.05) is 18.7 Å². The third-order valence-electron chi connectivity index (χ3n) is 5.86. The van der Waals surface area contributed by atoms with Crippen LogP contribution in [0.25, 0.3) is 16.9 Å². The molecule has 1 fully saturated rings. The Morgan fingerprint density at radius 3 is 2.65 bits per heavy atom. The molecule has 3 aromatic heterocycles. The normalized spacial score (nSPS) is 13.8. The van der Waals surface area contributed by atoms with E-state index in [2.05, 4.69) is 31.9 Å². The molecule has 0 spiro atoms. The molecular formula is C24H24N8O2. The first kappa shape index (κ1) is 21.4. The number of aromatic nitrogens is 5. The molecule has 10 heteroatoms. The fourth-order valence-corrected chi connectivity index (χ4v) is 3.96. The van der Waals surface area contributed by atoms with Crippen molar-refractivity contribution in [1.82, 2.24) is 34.9 Å². The summed E-state index contributed by atoms with van der Waals surface area (Å²) in [6.07, 6.45) is 8.26. The molecule has 4 heterocycles. The number of carbonyl (C=O) groups excluding carboxylic acids is 2. The second-order valence-electron chi connectivity index (χ2n) is 7.94. The lowest BCUT2D eigenvalue weighted by Crippen LogP contribution is -2.48. The number of H-pyrrole nitrogens is 1. The van der Waals surface area contributed by atoms with E-state index in [0.717, 1.165) is 11.3 Å². The molecule has 4 aromatic rings. The first-order chi connectivity index (χ1) is 16.6. The number of amides is 2. The summed E-state index contributed by atoms with van der Waals surface area (Å²) in [5, 5.41) is 7.17. The number of nitrogens with one attached hydrogen (secondary N) is 2. The standard InChI is InChI=1S/C24H24N8O2/c1-2-21(33)31-12-10-30(11-13-31)20-16-26-23-22(29-20)19(15-25-23)24(34)27-14-17-4-6-18(7-5-17)32-9-3-8-28-32/h2-9,15-16H,1,10-14H2,(H,25,26)(H,27,34). The maximum atomic E-state index is 12.9. The summed E-state index contributed by atoms with van der Waals surface area (Å²) >= 11 is 0. The average Bonchev–Trinajstić information content (AvgIpc) is 3.57. The van der Waals surface area contributed by atoms with E-state index in [1.165, 1.54) is 6.08 Å². The molecule has 0 atom stereocenters. The molecule has 1 aliphatic heterocycles. The Morgan fingerprint density at radius 1 is 1.15 bits per heavy atom. The third-order valence-corrected chi connectivity index (χ3v) is 5.86. The summed E-state index contributed by atoms with van der Waals surface area (Å²) < 4.78 is 1.78. The quantitative estimate of drug-likeness (QED) is 0.429. The largest absolute Gasteiger partial charge is 0.352 e. The van der Waals surface area contributed by atoms with E-state index in [0.29, 0.717) is 55.3 Å². The molecule has 2 N–H and O–H groups in total. The molecule has 2 amide bonds. The summed E-state index contributed by atoms with van der Waals surface area (Å²) in [6, 6.07) is 9.70. The van der Waals surface area contributed by atoms with E-state index >= 15 is 0 Å². The summed E-state index contributed by atoms with van der Waals surface area (Å²) in [6.45, 7) is 6.38. The van der Waals surface area contributed by atoms with Crippen molar-refractivity contribution in [2.75, 3.05) is 31.1 Å². The third kappa shape index (κ3) is 4.25. The highest BCUT2D eigenvalue weighted by atomic mass is 16.2. The predicted octanol–water partition coefficient (Wildman–Crippen LogP) is 1.91. The van der Waals surface area contributed by atoms with E-state index < -0.39 is 0 Å². The van der Waals surface area contributed by atoms with Crippen molar-refractivity contribution in [2.24, 2.45) is 0 Å². The number of benzene rings is 1. The van der Waals surface area contributed by atoms with Crippen molar-refractivity contribution in [3.63, 3.8) is 0 Å². The molecule has 0 radical (unpaired) electrons. The van der Waals surface area contributed by atoms with Gasteiger partial charge in [0.1, 0.15) is 11.3 Å². The molecule has 0 bridgehead atoms.